The van der Waals surface area contributed by atoms with Crippen molar-refractivity contribution in [3.8, 4) is 28.4 Å². The summed E-state index contributed by atoms with van der Waals surface area (Å²) in [7, 11) is 1.65. The van der Waals surface area contributed by atoms with Gasteiger partial charge in [-0.3, -0.25) is 0 Å². The molecule has 2 N–H and O–H groups in total. The minimum atomic E-state index is 0.167. The van der Waals surface area contributed by atoms with E-state index in [-0.39, 0.29) is 5.95 Å². The van der Waals surface area contributed by atoms with Crippen LogP contribution in [-0.2, 0) is 6.54 Å². The van der Waals surface area contributed by atoms with E-state index in [1.54, 1.807) is 11.8 Å². The molecule has 0 unspecified atom stereocenters. The Kier molecular flexibility index (Phi) is 5.60. The van der Waals surface area contributed by atoms with Gasteiger partial charge in [-0.05, 0) is 49.6 Å². The standard InChI is InChI=1S/C24H26N8O/c1-16-7-5-9-18(23(16)33-2)19-13-20(28-24(25)27-19)21-15-32(30-29-21)14-17-8-6-10-22(26-17)31-11-3-4-12-31/h5-10,13,15H,3-4,11-12,14H2,1-2H3,(H2,25,27,28). The molecule has 9 heteroatoms. The maximum absolute atomic E-state index is 6.04. The molecule has 4 aromatic rings. The molecule has 1 aliphatic heterocycles. The van der Waals surface area contributed by atoms with Crippen molar-refractivity contribution in [2.24, 2.45) is 0 Å². The molecule has 33 heavy (non-hydrogen) atoms. The van der Waals surface area contributed by atoms with Crippen LogP contribution in [0.1, 0.15) is 24.1 Å². The third-order valence-corrected chi connectivity index (χ3v) is 5.78. The molecule has 168 valence electrons. The predicted molar refractivity (Wildman–Crippen MR) is 127 cm³/mol. The highest BCUT2D eigenvalue weighted by molar-refractivity contribution is 5.73. The van der Waals surface area contributed by atoms with Crippen molar-refractivity contribution in [3.63, 3.8) is 0 Å². The number of anilines is 2. The molecule has 1 saturated heterocycles. The van der Waals surface area contributed by atoms with Crippen molar-refractivity contribution in [2.45, 2.75) is 26.3 Å². The Hall–Kier alpha value is -4.01. The van der Waals surface area contributed by atoms with Crippen LogP contribution in [0.15, 0.2) is 48.7 Å². The van der Waals surface area contributed by atoms with Gasteiger partial charge in [-0.25, -0.2) is 19.6 Å². The maximum atomic E-state index is 6.04. The Balaban J connectivity index is 1.42. The van der Waals surface area contributed by atoms with E-state index >= 15 is 0 Å². The number of benzene rings is 1. The molecule has 9 nitrogen and oxygen atoms in total. The number of pyridine rings is 1. The van der Waals surface area contributed by atoms with Crippen LogP contribution in [0.25, 0.3) is 22.6 Å². The molecule has 0 atom stereocenters. The van der Waals surface area contributed by atoms with Crippen LogP contribution < -0.4 is 15.4 Å². The lowest BCUT2D eigenvalue weighted by molar-refractivity contribution is 0.413. The molecule has 0 bridgehead atoms. The summed E-state index contributed by atoms with van der Waals surface area (Å²) in [5.41, 5.74) is 10.7. The highest BCUT2D eigenvalue weighted by Gasteiger charge is 2.16. The van der Waals surface area contributed by atoms with Gasteiger partial charge < -0.3 is 15.4 Å². The maximum Gasteiger partial charge on any atom is 0.221 e. The number of nitrogens with two attached hydrogens (primary N) is 1. The molecular weight excluding hydrogens is 416 g/mol. The van der Waals surface area contributed by atoms with Crippen LogP contribution in [0.2, 0.25) is 0 Å². The van der Waals surface area contributed by atoms with Crippen LogP contribution in [-0.4, -0.2) is 50.1 Å². The monoisotopic (exact) mass is 442 g/mol. The molecule has 0 amide bonds. The number of hydrogen-bond acceptors (Lipinski definition) is 8. The first-order valence-corrected chi connectivity index (χ1v) is 11.0. The summed E-state index contributed by atoms with van der Waals surface area (Å²) in [6, 6.07) is 13.9. The smallest absolute Gasteiger partial charge is 0.221 e. The van der Waals surface area contributed by atoms with Gasteiger partial charge in [0.25, 0.3) is 0 Å². The Labute approximate surface area is 192 Å². The van der Waals surface area contributed by atoms with Crippen molar-refractivity contribution < 1.29 is 4.74 Å². The van der Waals surface area contributed by atoms with Gasteiger partial charge >= 0.3 is 0 Å². The van der Waals surface area contributed by atoms with E-state index < -0.39 is 0 Å². The number of hydrogen-bond donors (Lipinski definition) is 1. The zero-order valence-electron chi connectivity index (χ0n) is 18.8. The zero-order chi connectivity index (χ0) is 22.8. The molecule has 4 heterocycles. The van der Waals surface area contributed by atoms with Gasteiger partial charge in [-0.1, -0.05) is 23.4 Å². The SMILES string of the molecule is COc1c(C)cccc1-c1cc(-c2cn(Cc3cccc(N4CCCC4)n3)nn2)nc(N)n1. The molecule has 1 aliphatic rings. The lowest BCUT2D eigenvalue weighted by Crippen LogP contribution is -2.19. The summed E-state index contributed by atoms with van der Waals surface area (Å²) < 4.78 is 7.35. The Bertz CT molecular complexity index is 1280. The van der Waals surface area contributed by atoms with E-state index in [9.17, 15) is 0 Å². The molecule has 0 aliphatic carbocycles. The summed E-state index contributed by atoms with van der Waals surface area (Å²) in [6.07, 6.45) is 4.29. The van der Waals surface area contributed by atoms with E-state index in [1.807, 2.05) is 49.5 Å². The van der Waals surface area contributed by atoms with Crippen molar-refractivity contribution in [3.05, 3.63) is 59.9 Å². The number of rotatable bonds is 6. The third kappa shape index (κ3) is 4.34. The summed E-state index contributed by atoms with van der Waals surface area (Å²) in [4.78, 5) is 15.9. The summed E-state index contributed by atoms with van der Waals surface area (Å²) in [6.45, 7) is 4.64. The fourth-order valence-corrected chi connectivity index (χ4v) is 4.20. The van der Waals surface area contributed by atoms with E-state index in [1.165, 1.54) is 12.8 Å². The largest absolute Gasteiger partial charge is 0.496 e. The topological polar surface area (TPSA) is 108 Å². The Morgan fingerprint density at radius 3 is 2.58 bits per heavy atom. The third-order valence-electron chi connectivity index (χ3n) is 5.78. The molecule has 0 radical (unpaired) electrons. The molecule has 3 aromatic heterocycles. The van der Waals surface area contributed by atoms with Gasteiger partial charge in [0.1, 0.15) is 17.3 Å². The highest BCUT2D eigenvalue weighted by Crippen LogP contribution is 2.33. The Morgan fingerprint density at radius 2 is 1.76 bits per heavy atom. The van der Waals surface area contributed by atoms with E-state index in [0.29, 0.717) is 23.6 Å². The van der Waals surface area contributed by atoms with Crippen LogP contribution in [0.5, 0.6) is 5.75 Å². The number of aromatic nitrogens is 6. The lowest BCUT2D eigenvalue weighted by Gasteiger charge is -2.16. The predicted octanol–water partition coefficient (Wildman–Crippen LogP) is 3.34. The molecule has 0 spiro atoms. The van der Waals surface area contributed by atoms with E-state index in [2.05, 4.69) is 31.2 Å². The lowest BCUT2D eigenvalue weighted by atomic mass is 10.1. The van der Waals surface area contributed by atoms with Crippen molar-refractivity contribution in [1.82, 2.24) is 29.9 Å². The van der Waals surface area contributed by atoms with Gasteiger partial charge in [-0.15, -0.1) is 5.10 Å². The molecule has 0 saturated carbocycles. The number of ether oxygens (including phenoxy) is 1. The summed E-state index contributed by atoms with van der Waals surface area (Å²) >= 11 is 0. The first-order valence-electron chi connectivity index (χ1n) is 11.0. The fourth-order valence-electron chi connectivity index (χ4n) is 4.20. The highest BCUT2D eigenvalue weighted by atomic mass is 16.5. The van der Waals surface area contributed by atoms with Gasteiger partial charge in [0, 0.05) is 18.7 Å². The van der Waals surface area contributed by atoms with Crippen LogP contribution in [0.3, 0.4) is 0 Å². The normalized spacial score (nSPS) is 13.5. The number of methoxy groups -OCH3 is 1. The molecular formula is C24H26N8O. The second kappa shape index (κ2) is 8.85. The van der Waals surface area contributed by atoms with Gasteiger partial charge in [-0.2, -0.15) is 0 Å². The second-order valence-electron chi connectivity index (χ2n) is 8.13. The van der Waals surface area contributed by atoms with Gasteiger partial charge in [0.15, 0.2) is 0 Å². The minimum Gasteiger partial charge on any atom is -0.496 e. The summed E-state index contributed by atoms with van der Waals surface area (Å²) in [5, 5.41) is 8.60. The second-order valence-corrected chi connectivity index (χ2v) is 8.13. The molecule has 1 aromatic carbocycles. The minimum absolute atomic E-state index is 0.167. The number of aryl methyl sites for hydroxylation is 1. The van der Waals surface area contributed by atoms with Crippen LogP contribution in [0.4, 0.5) is 11.8 Å². The van der Waals surface area contributed by atoms with Gasteiger partial charge in [0.2, 0.25) is 5.95 Å². The van der Waals surface area contributed by atoms with Gasteiger partial charge in [0.05, 0.1) is 36.9 Å². The van der Waals surface area contributed by atoms with E-state index in [0.717, 1.165) is 41.5 Å². The van der Waals surface area contributed by atoms with Crippen LogP contribution in [0, 0.1) is 6.92 Å². The number of para-hydroxylation sites is 1. The first kappa shape index (κ1) is 20.9. The fraction of sp³-hybridized carbons (Fsp3) is 0.292. The first-order chi connectivity index (χ1) is 16.1. The van der Waals surface area contributed by atoms with Crippen molar-refractivity contribution >= 4 is 11.8 Å². The van der Waals surface area contributed by atoms with E-state index in [4.69, 9.17) is 15.5 Å². The summed E-state index contributed by atoms with van der Waals surface area (Å²) in [5.74, 6) is 1.94. The average Bonchev–Trinajstić information content (AvgIpc) is 3.51. The Morgan fingerprint density at radius 1 is 0.970 bits per heavy atom. The molecule has 5 rings (SSSR count). The van der Waals surface area contributed by atoms with Crippen LogP contribution >= 0.6 is 0 Å². The zero-order valence-corrected chi connectivity index (χ0v) is 18.8. The average molecular weight is 443 g/mol. The van der Waals surface area contributed by atoms with Crippen molar-refractivity contribution in [1.29, 1.82) is 0 Å². The van der Waals surface area contributed by atoms with Crippen molar-refractivity contribution in [2.75, 3.05) is 30.8 Å². The quantitative estimate of drug-likeness (QED) is 0.484. The number of nitrogen functional groups attached to an aromatic ring is 1. The molecule has 1 fully saturated rings. The number of nitrogens with zero attached hydrogens (tertiary/aromatic N) is 7.